The number of halogens is 3. The van der Waals surface area contributed by atoms with E-state index >= 15 is 0 Å². The van der Waals surface area contributed by atoms with Crippen molar-refractivity contribution in [2.75, 3.05) is 22.6 Å². The van der Waals surface area contributed by atoms with Crippen molar-refractivity contribution in [2.45, 2.75) is 48.9 Å². The third-order valence-electron chi connectivity index (χ3n) is 5.30. The number of benzene rings is 1. The second-order valence-electron chi connectivity index (χ2n) is 7.36. The van der Waals surface area contributed by atoms with Crippen LogP contribution in [0.2, 0.25) is 0 Å². The molecule has 0 unspecified atom stereocenters. The van der Waals surface area contributed by atoms with Gasteiger partial charge in [-0.3, -0.25) is 4.79 Å². The van der Waals surface area contributed by atoms with E-state index in [1.54, 1.807) is 6.92 Å². The Morgan fingerprint density at radius 1 is 1.21 bits per heavy atom. The Bertz CT molecular complexity index is 960. The molecule has 0 spiro atoms. The number of hydrogen-bond acceptors (Lipinski definition) is 6. The van der Waals surface area contributed by atoms with Gasteiger partial charge in [-0.1, -0.05) is 0 Å². The van der Waals surface area contributed by atoms with Crippen LogP contribution in [-0.2, 0) is 4.79 Å². The third kappa shape index (κ3) is 3.73. The predicted molar refractivity (Wildman–Crippen MR) is 106 cm³/mol. The van der Waals surface area contributed by atoms with Gasteiger partial charge in [0.05, 0.1) is 5.69 Å². The highest BCUT2D eigenvalue weighted by atomic mass is 32.2. The zero-order chi connectivity index (χ0) is 20.9. The van der Waals surface area contributed by atoms with Crippen molar-refractivity contribution in [1.29, 1.82) is 0 Å². The Labute approximate surface area is 170 Å². The molecule has 0 saturated heterocycles. The van der Waals surface area contributed by atoms with Crippen molar-refractivity contribution in [3.63, 3.8) is 0 Å². The molecule has 0 radical (unpaired) electrons. The van der Waals surface area contributed by atoms with Crippen LogP contribution in [0.25, 0.3) is 0 Å². The van der Waals surface area contributed by atoms with Gasteiger partial charge in [-0.15, -0.1) is 11.8 Å². The first kappa shape index (κ1) is 19.8. The van der Waals surface area contributed by atoms with Crippen molar-refractivity contribution in [3.05, 3.63) is 35.3 Å². The fourth-order valence-corrected chi connectivity index (χ4v) is 4.75. The topological polar surface area (TPSA) is 70.1 Å². The molecule has 6 nitrogen and oxygen atoms in total. The molecule has 2 aromatic rings. The van der Waals surface area contributed by atoms with Gasteiger partial charge in [-0.25, -0.2) is 18.2 Å². The largest absolute Gasteiger partial charge is 0.351 e. The fraction of sp³-hybridized carbons (Fsp3) is 0.421. The zero-order valence-corrected chi connectivity index (χ0v) is 16.9. The van der Waals surface area contributed by atoms with Crippen LogP contribution in [0.1, 0.15) is 25.5 Å². The number of carbonyl (C=O) groups is 1. The highest BCUT2D eigenvalue weighted by molar-refractivity contribution is 8.00. The summed E-state index contributed by atoms with van der Waals surface area (Å²) in [4.78, 5) is 23.2. The minimum absolute atomic E-state index is 0.0973. The molecule has 1 atom stereocenters. The van der Waals surface area contributed by atoms with Gasteiger partial charge in [0.25, 0.3) is 0 Å². The van der Waals surface area contributed by atoms with E-state index in [4.69, 9.17) is 0 Å². The van der Waals surface area contributed by atoms with E-state index in [-0.39, 0.29) is 23.2 Å². The molecule has 1 amide bonds. The molecule has 29 heavy (non-hydrogen) atoms. The summed E-state index contributed by atoms with van der Waals surface area (Å²) in [5.74, 6) is -2.76. The van der Waals surface area contributed by atoms with Gasteiger partial charge in [0, 0.05) is 23.2 Å². The van der Waals surface area contributed by atoms with Crippen molar-refractivity contribution in [3.8, 4) is 0 Å². The number of aryl methyl sites for hydroxylation is 1. The summed E-state index contributed by atoms with van der Waals surface area (Å²) >= 11 is 1.33. The molecule has 1 aliphatic heterocycles. The monoisotopic (exact) mass is 423 g/mol. The minimum atomic E-state index is -1.45. The summed E-state index contributed by atoms with van der Waals surface area (Å²) in [5.41, 5.74) is 1.29. The van der Waals surface area contributed by atoms with Crippen LogP contribution in [0.5, 0.6) is 0 Å². The summed E-state index contributed by atoms with van der Waals surface area (Å²) in [7, 11) is 1.81. The number of nitrogens with one attached hydrogen (secondary N) is 2. The van der Waals surface area contributed by atoms with Gasteiger partial charge in [0.1, 0.15) is 11.7 Å². The molecular formula is C19H20F3N5OS. The van der Waals surface area contributed by atoms with Crippen LogP contribution in [0, 0.1) is 24.4 Å². The number of amides is 1. The lowest BCUT2D eigenvalue weighted by Crippen LogP contribution is -2.45. The average molecular weight is 423 g/mol. The normalized spacial score (nSPS) is 23.3. The van der Waals surface area contributed by atoms with Crippen molar-refractivity contribution in [1.82, 2.24) is 9.97 Å². The first-order valence-electron chi connectivity index (χ1n) is 9.23. The lowest BCUT2D eigenvalue weighted by atomic mass is 9.92. The van der Waals surface area contributed by atoms with Crippen LogP contribution >= 0.6 is 11.8 Å². The van der Waals surface area contributed by atoms with Gasteiger partial charge in [0.2, 0.25) is 11.9 Å². The quantitative estimate of drug-likeness (QED) is 0.731. The molecule has 4 rings (SSSR count). The van der Waals surface area contributed by atoms with E-state index in [0.29, 0.717) is 28.0 Å². The molecule has 2 aliphatic rings. The SMILES string of the molecule is Cc1nc(N[C@H]2C[C@@H](Sc3cc(F)c(F)c(F)c3)C2)nc2c1NC(=O)[C@H](C)N2C. The molecule has 10 heteroatoms. The highest BCUT2D eigenvalue weighted by Gasteiger charge is 2.33. The second-order valence-corrected chi connectivity index (χ2v) is 8.73. The van der Waals surface area contributed by atoms with Crippen LogP contribution in [0.15, 0.2) is 17.0 Å². The van der Waals surface area contributed by atoms with Crippen LogP contribution in [0.4, 0.5) is 30.6 Å². The number of nitrogens with zero attached hydrogens (tertiary/aromatic N) is 3. The molecule has 1 saturated carbocycles. The van der Waals surface area contributed by atoms with E-state index in [1.807, 2.05) is 18.9 Å². The van der Waals surface area contributed by atoms with Crippen LogP contribution in [0.3, 0.4) is 0 Å². The summed E-state index contributed by atoms with van der Waals surface area (Å²) in [6, 6.07) is 1.84. The summed E-state index contributed by atoms with van der Waals surface area (Å²) in [5, 5.41) is 6.28. The summed E-state index contributed by atoms with van der Waals surface area (Å²) < 4.78 is 39.8. The molecule has 154 valence electrons. The Balaban J connectivity index is 1.40. The number of carbonyl (C=O) groups excluding carboxylic acids is 1. The maximum Gasteiger partial charge on any atom is 0.246 e. The number of rotatable bonds is 4. The first-order chi connectivity index (χ1) is 13.7. The zero-order valence-electron chi connectivity index (χ0n) is 16.1. The lowest BCUT2D eigenvalue weighted by molar-refractivity contribution is -0.117. The first-order valence-corrected chi connectivity index (χ1v) is 10.1. The molecule has 2 heterocycles. The smallest absolute Gasteiger partial charge is 0.246 e. The van der Waals surface area contributed by atoms with Crippen LogP contribution in [-0.4, -0.2) is 40.3 Å². The number of aromatic nitrogens is 2. The van der Waals surface area contributed by atoms with Gasteiger partial charge < -0.3 is 15.5 Å². The van der Waals surface area contributed by atoms with Crippen molar-refractivity contribution >= 4 is 35.1 Å². The third-order valence-corrected chi connectivity index (χ3v) is 6.53. The molecule has 0 bridgehead atoms. The lowest BCUT2D eigenvalue weighted by Gasteiger charge is -2.36. The molecular weight excluding hydrogens is 403 g/mol. The van der Waals surface area contributed by atoms with Crippen molar-refractivity contribution < 1.29 is 18.0 Å². The Hall–Kier alpha value is -2.49. The summed E-state index contributed by atoms with van der Waals surface area (Å²) in [6.07, 6.45) is 1.52. The van der Waals surface area contributed by atoms with Gasteiger partial charge in [-0.2, -0.15) is 4.98 Å². The van der Waals surface area contributed by atoms with E-state index in [0.717, 1.165) is 25.0 Å². The number of fused-ring (bicyclic) bond motifs is 1. The van der Waals surface area contributed by atoms with E-state index in [9.17, 15) is 18.0 Å². The molecule has 1 aromatic heterocycles. The summed E-state index contributed by atoms with van der Waals surface area (Å²) in [6.45, 7) is 3.62. The highest BCUT2D eigenvalue weighted by Crippen LogP contribution is 2.39. The molecule has 1 aliphatic carbocycles. The Kier molecular flexibility index (Phi) is 5.05. The number of thioether (sulfide) groups is 1. The predicted octanol–water partition coefficient (Wildman–Crippen LogP) is 3.71. The maximum atomic E-state index is 13.3. The minimum Gasteiger partial charge on any atom is -0.351 e. The van der Waals surface area contributed by atoms with E-state index in [1.165, 1.54) is 11.8 Å². The number of likely N-dealkylation sites (N-methyl/N-ethyl adjacent to an activating group) is 1. The van der Waals surface area contributed by atoms with E-state index < -0.39 is 17.5 Å². The second kappa shape index (κ2) is 7.40. The number of hydrogen-bond donors (Lipinski definition) is 2. The van der Waals surface area contributed by atoms with Crippen LogP contribution < -0.4 is 15.5 Å². The van der Waals surface area contributed by atoms with Gasteiger partial charge >= 0.3 is 0 Å². The molecule has 2 N–H and O–H groups in total. The standard InChI is InChI=1S/C19H20F3N5OS/c1-8-16-17(27(3)9(2)18(28)25-16)26-19(23-8)24-10-4-11(5-10)29-12-6-13(20)15(22)14(21)7-12/h6-7,9-11H,4-5H2,1-3H3,(H,25,28)(H,23,24,26)/t9-,10-,11+/m0/s1. The Morgan fingerprint density at radius 3 is 2.52 bits per heavy atom. The average Bonchev–Trinajstić information content (AvgIpc) is 2.63. The molecule has 1 aromatic carbocycles. The maximum absolute atomic E-state index is 13.3. The number of anilines is 3. The molecule has 1 fully saturated rings. The Morgan fingerprint density at radius 2 is 1.86 bits per heavy atom. The van der Waals surface area contributed by atoms with E-state index in [2.05, 4.69) is 20.6 Å². The fourth-order valence-electron chi connectivity index (χ4n) is 3.37. The van der Waals surface area contributed by atoms with Gasteiger partial charge in [-0.05, 0) is 38.8 Å². The van der Waals surface area contributed by atoms with Crippen molar-refractivity contribution in [2.24, 2.45) is 0 Å². The van der Waals surface area contributed by atoms with Gasteiger partial charge in [0.15, 0.2) is 23.3 Å².